The molecule has 0 bridgehead atoms. The number of amides is 1. The van der Waals surface area contributed by atoms with Crippen LogP contribution in [0.4, 0.5) is 5.69 Å². The van der Waals surface area contributed by atoms with E-state index in [1.807, 2.05) is 0 Å². The summed E-state index contributed by atoms with van der Waals surface area (Å²) in [5.74, 6) is 0.0822. The predicted molar refractivity (Wildman–Crippen MR) is 82.5 cm³/mol. The van der Waals surface area contributed by atoms with Gasteiger partial charge in [-0.2, -0.15) is 0 Å². The number of benzene rings is 1. The minimum Gasteiger partial charge on any atom is -0.375 e. The summed E-state index contributed by atoms with van der Waals surface area (Å²) < 4.78 is 1.01. The molecule has 0 aromatic heterocycles. The third-order valence-corrected chi connectivity index (χ3v) is 4.20. The van der Waals surface area contributed by atoms with Gasteiger partial charge in [-0.1, -0.05) is 18.9 Å². The van der Waals surface area contributed by atoms with Gasteiger partial charge < -0.3 is 10.6 Å². The molecule has 1 amide bonds. The van der Waals surface area contributed by atoms with Gasteiger partial charge in [0.2, 0.25) is 5.91 Å². The summed E-state index contributed by atoms with van der Waals surface area (Å²) in [6.07, 6.45) is 4.72. The quantitative estimate of drug-likeness (QED) is 0.889. The first-order valence-electron chi connectivity index (χ1n) is 6.86. The Morgan fingerprint density at radius 3 is 2.63 bits per heavy atom. The molecular weight excluding hydrogens is 304 g/mol. The topological polar surface area (TPSA) is 41.1 Å². The first-order valence-corrected chi connectivity index (χ1v) is 7.65. The lowest BCUT2D eigenvalue weighted by Crippen LogP contribution is -2.36. The van der Waals surface area contributed by atoms with Gasteiger partial charge in [0.25, 0.3) is 0 Å². The highest BCUT2D eigenvalue weighted by Gasteiger charge is 2.17. The molecule has 1 saturated carbocycles. The number of hydrogen-bond donors (Lipinski definition) is 2. The summed E-state index contributed by atoms with van der Waals surface area (Å²) in [4.78, 5) is 11.9. The Balaban J connectivity index is 1.89. The zero-order chi connectivity index (χ0) is 13.8. The van der Waals surface area contributed by atoms with E-state index in [2.05, 4.69) is 52.5 Å². The largest absolute Gasteiger partial charge is 0.375 e. The van der Waals surface area contributed by atoms with Crippen LogP contribution in [0.2, 0.25) is 0 Å². The molecule has 1 fully saturated rings. The minimum absolute atomic E-state index is 0.0822. The highest BCUT2D eigenvalue weighted by Crippen LogP contribution is 2.27. The van der Waals surface area contributed by atoms with E-state index < -0.39 is 0 Å². The fourth-order valence-electron chi connectivity index (χ4n) is 2.66. The molecule has 0 radical (unpaired) electrons. The van der Waals surface area contributed by atoms with Crippen molar-refractivity contribution in [2.45, 2.75) is 45.6 Å². The molecule has 104 valence electrons. The molecular formula is C15H21BrN2O. The van der Waals surface area contributed by atoms with Crippen molar-refractivity contribution in [1.29, 1.82) is 0 Å². The number of hydrogen-bond acceptors (Lipinski definition) is 2. The van der Waals surface area contributed by atoms with Crippen LogP contribution in [0.15, 0.2) is 16.6 Å². The second-order valence-electron chi connectivity index (χ2n) is 5.34. The normalized spacial score (nSPS) is 15.5. The van der Waals surface area contributed by atoms with Crippen molar-refractivity contribution in [3.05, 3.63) is 27.7 Å². The summed E-state index contributed by atoms with van der Waals surface area (Å²) >= 11 is 3.54. The number of halogens is 1. The maximum Gasteiger partial charge on any atom is 0.239 e. The van der Waals surface area contributed by atoms with Crippen molar-refractivity contribution in [2.75, 3.05) is 11.9 Å². The van der Waals surface area contributed by atoms with E-state index in [4.69, 9.17) is 0 Å². The molecule has 0 unspecified atom stereocenters. The maximum absolute atomic E-state index is 11.9. The second kappa shape index (κ2) is 6.42. The van der Waals surface area contributed by atoms with E-state index in [0.717, 1.165) is 28.6 Å². The van der Waals surface area contributed by atoms with Crippen LogP contribution < -0.4 is 10.6 Å². The van der Waals surface area contributed by atoms with Gasteiger partial charge >= 0.3 is 0 Å². The molecule has 3 nitrogen and oxygen atoms in total. The van der Waals surface area contributed by atoms with Gasteiger partial charge in [0.05, 0.1) is 12.2 Å². The van der Waals surface area contributed by atoms with Gasteiger partial charge in [0, 0.05) is 10.5 Å². The van der Waals surface area contributed by atoms with E-state index in [9.17, 15) is 4.79 Å². The zero-order valence-corrected chi connectivity index (χ0v) is 13.1. The molecule has 4 heteroatoms. The summed E-state index contributed by atoms with van der Waals surface area (Å²) in [6.45, 7) is 4.45. The molecule has 1 aromatic carbocycles. The fraction of sp³-hybridized carbons (Fsp3) is 0.533. The molecule has 1 aromatic rings. The molecule has 0 saturated heterocycles. The van der Waals surface area contributed by atoms with Gasteiger partial charge in [-0.15, -0.1) is 0 Å². The van der Waals surface area contributed by atoms with Gasteiger partial charge in [0.15, 0.2) is 0 Å². The van der Waals surface area contributed by atoms with E-state index in [1.54, 1.807) is 0 Å². The van der Waals surface area contributed by atoms with Crippen molar-refractivity contribution in [3.63, 3.8) is 0 Å². The highest BCUT2D eigenvalue weighted by molar-refractivity contribution is 9.10. The van der Waals surface area contributed by atoms with Crippen LogP contribution in [0.25, 0.3) is 0 Å². The number of carbonyl (C=O) groups excluding carboxylic acids is 1. The number of carbonyl (C=O) groups is 1. The standard InChI is InChI=1S/C15H21BrN2O/c1-10-7-11(2)15(13(16)8-10)17-9-14(19)18-12-5-3-4-6-12/h7-8,12,17H,3-6,9H2,1-2H3,(H,18,19). The molecule has 19 heavy (non-hydrogen) atoms. The lowest BCUT2D eigenvalue weighted by Gasteiger charge is -2.15. The van der Waals surface area contributed by atoms with Gasteiger partial charge in [0.1, 0.15) is 0 Å². The smallest absolute Gasteiger partial charge is 0.239 e. The van der Waals surface area contributed by atoms with Crippen LogP contribution in [0, 0.1) is 13.8 Å². The Kier molecular flexibility index (Phi) is 4.86. The van der Waals surface area contributed by atoms with Crippen LogP contribution in [0.1, 0.15) is 36.8 Å². The Labute approximate surface area is 123 Å². The third-order valence-electron chi connectivity index (χ3n) is 3.58. The average Bonchev–Trinajstić information content (AvgIpc) is 2.80. The van der Waals surface area contributed by atoms with Crippen molar-refractivity contribution in [3.8, 4) is 0 Å². The molecule has 0 atom stereocenters. The number of anilines is 1. The van der Waals surface area contributed by atoms with Gasteiger partial charge in [-0.05, 0) is 59.8 Å². The van der Waals surface area contributed by atoms with Gasteiger partial charge in [-0.3, -0.25) is 4.79 Å². The molecule has 1 aliphatic rings. The highest BCUT2D eigenvalue weighted by atomic mass is 79.9. The van der Waals surface area contributed by atoms with Crippen LogP contribution >= 0.6 is 15.9 Å². The first kappa shape index (κ1) is 14.4. The summed E-state index contributed by atoms with van der Waals surface area (Å²) in [5.41, 5.74) is 3.37. The van der Waals surface area contributed by atoms with Crippen LogP contribution in [0.5, 0.6) is 0 Å². The molecule has 0 heterocycles. The van der Waals surface area contributed by atoms with Crippen molar-refractivity contribution in [1.82, 2.24) is 5.32 Å². The van der Waals surface area contributed by atoms with Crippen LogP contribution in [-0.2, 0) is 4.79 Å². The third kappa shape index (κ3) is 3.96. The molecule has 0 spiro atoms. The van der Waals surface area contributed by atoms with Crippen molar-refractivity contribution >= 4 is 27.5 Å². The maximum atomic E-state index is 11.9. The van der Waals surface area contributed by atoms with Crippen molar-refractivity contribution in [2.24, 2.45) is 0 Å². The van der Waals surface area contributed by atoms with Gasteiger partial charge in [-0.25, -0.2) is 0 Å². The summed E-state index contributed by atoms with van der Waals surface area (Å²) in [7, 11) is 0. The lowest BCUT2D eigenvalue weighted by molar-refractivity contribution is -0.120. The molecule has 2 N–H and O–H groups in total. The Morgan fingerprint density at radius 2 is 2.00 bits per heavy atom. The summed E-state index contributed by atoms with van der Waals surface area (Å²) in [6, 6.07) is 4.56. The van der Waals surface area contributed by atoms with Crippen LogP contribution in [0.3, 0.4) is 0 Å². The van der Waals surface area contributed by atoms with E-state index in [0.29, 0.717) is 12.6 Å². The average molecular weight is 325 g/mol. The van der Waals surface area contributed by atoms with E-state index >= 15 is 0 Å². The lowest BCUT2D eigenvalue weighted by atomic mass is 10.1. The summed E-state index contributed by atoms with van der Waals surface area (Å²) in [5, 5.41) is 6.31. The monoisotopic (exact) mass is 324 g/mol. The number of rotatable bonds is 4. The van der Waals surface area contributed by atoms with E-state index in [-0.39, 0.29) is 5.91 Å². The SMILES string of the molecule is Cc1cc(C)c(NCC(=O)NC2CCCC2)c(Br)c1. The Hall–Kier alpha value is -1.03. The predicted octanol–water partition coefficient (Wildman–Crippen LogP) is 3.54. The Morgan fingerprint density at radius 1 is 1.32 bits per heavy atom. The fourth-order valence-corrected chi connectivity index (χ4v) is 3.47. The second-order valence-corrected chi connectivity index (χ2v) is 6.20. The molecule has 1 aliphatic carbocycles. The van der Waals surface area contributed by atoms with Crippen molar-refractivity contribution < 1.29 is 4.79 Å². The number of aryl methyl sites for hydroxylation is 2. The van der Waals surface area contributed by atoms with E-state index in [1.165, 1.54) is 18.4 Å². The number of nitrogens with one attached hydrogen (secondary N) is 2. The minimum atomic E-state index is 0.0822. The molecule has 0 aliphatic heterocycles. The molecule has 2 rings (SSSR count). The first-order chi connectivity index (χ1) is 9.06. The zero-order valence-electron chi connectivity index (χ0n) is 11.6. The Bertz CT molecular complexity index is 444. The van der Waals surface area contributed by atoms with Crippen LogP contribution in [-0.4, -0.2) is 18.5 Å².